The Morgan fingerprint density at radius 3 is 2.25 bits per heavy atom. The van der Waals surface area contributed by atoms with Gasteiger partial charge < -0.3 is 20.6 Å². The summed E-state index contributed by atoms with van der Waals surface area (Å²) < 4.78 is 0. The van der Waals surface area contributed by atoms with E-state index in [1.54, 1.807) is 0 Å². The second kappa shape index (κ2) is 6.18. The third-order valence-electron chi connectivity index (χ3n) is 2.55. The van der Waals surface area contributed by atoms with Crippen molar-refractivity contribution in [2.45, 2.75) is 39.2 Å². The van der Waals surface area contributed by atoms with E-state index in [9.17, 15) is 9.90 Å². The molecule has 0 aromatic rings. The highest BCUT2D eigenvalue weighted by molar-refractivity contribution is 5.76. The van der Waals surface area contributed by atoms with E-state index in [-0.39, 0.29) is 18.6 Å². The Kier molecular flexibility index (Phi) is 5.92. The predicted octanol–water partition coefficient (Wildman–Crippen LogP) is 0.210. The minimum atomic E-state index is -1.73. The molecule has 1 atom stereocenters. The molecule has 0 fully saturated rings. The van der Waals surface area contributed by atoms with Crippen LogP contribution in [-0.2, 0) is 4.79 Å². The van der Waals surface area contributed by atoms with Crippen LogP contribution in [0.15, 0.2) is 0 Å². The van der Waals surface area contributed by atoms with E-state index in [4.69, 9.17) is 10.2 Å². The monoisotopic (exact) mass is 233 g/mol. The summed E-state index contributed by atoms with van der Waals surface area (Å²) >= 11 is 0. The molecule has 5 nitrogen and oxygen atoms in total. The van der Waals surface area contributed by atoms with Gasteiger partial charge in [0, 0.05) is 19.7 Å². The van der Waals surface area contributed by atoms with Crippen LogP contribution < -0.4 is 5.32 Å². The molecule has 0 aromatic carbocycles. The van der Waals surface area contributed by atoms with Gasteiger partial charge in [-0.25, -0.2) is 4.79 Å². The normalized spacial score (nSPS) is 15.8. The Balaban J connectivity index is 3.93. The molecule has 0 spiro atoms. The standard InChI is InChI=1S/C11H23NO4/c1-10(2,5-4-6-13)7-12-8-11(3,16)9(14)15/h12-13,16H,4-8H2,1-3H3,(H,14,15). The van der Waals surface area contributed by atoms with Gasteiger partial charge in [-0.2, -0.15) is 0 Å². The van der Waals surface area contributed by atoms with E-state index in [2.05, 4.69) is 5.32 Å². The first kappa shape index (κ1) is 15.3. The van der Waals surface area contributed by atoms with Crippen molar-refractivity contribution < 1.29 is 20.1 Å². The van der Waals surface area contributed by atoms with Crippen LogP contribution >= 0.6 is 0 Å². The fourth-order valence-corrected chi connectivity index (χ4v) is 1.37. The number of aliphatic hydroxyl groups excluding tert-OH is 1. The molecule has 0 aliphatic rings. The van der Waals surface area contributed by atoms with E-state index in [0.717, 1.165) is 12.8 Å². The first-order valence-corrected chi connectivity index (χ1v) is 5.49. The summed E-state index contributed by atoms with van der Waals surface area (Å²) in [7, 11) is 0. The lowest BCUT2D eigenvalue weighted by atomic mass is 9.87. The van der Waals surface area contributed by atoms with Crippen LogP contribution in [0.4, 0.5) is 0 Å². The highest BCUT2D eigenvalue weighted by Gasteiger charge is 2.30. The maximum atomic E-state index is 10.6. The van der Waals surface area contributed by atoms with Gasteiger partial charge >= 0.3 is 5.97 Å². The minimum Gasteiger partial charge on any atom is -0.479 e. The van der Waals surface area contributed by atoms with Gasteiger partial charge in [0.15, 0.2) is 5.60 Å². The number of carboxylic acid groups (broad SMARTS) is 1. The molecule has 0 aromatic heterocycles. The van der Waals surface area contributed by atoms with E-state index in [0.29, 0.717) is 6.54 Å². The maximum absolute atomic E-state index is 10.6. The Labute approximate surface area is 96.5 Å². The SMILES string of the molecule is CC(C)(CCCO)CNCC(C)(O)C(=O)O. The van der Waals surface area contributed by atoms with Gasteiger partial charge in [-0.3, -0.25) is 0 Å². The van der Waals surface area contributed by atoms with E-state index < -0.39 is 11.6 Å². The van der Waals surface area contributed by atoms with E-state index in [1.807, 2.05) is 13.8 Å². The van der Waals surface area contributed by atoms with Crippen molar-refractivity contribution in [3.05, 3.63) is 0 Å². The van der Waals surface area contributed by atoms with Gasteiger partial charge in [-0.15, -0.1) is 0 Å². The quantitative estimate of drug-likeness (QED) is 0.481. The summed E-state index contributed by atoms with van der Waals surface area (Å²) in [5, 5.41) is 29.8. The highest BCUT2D eigenvalue weighted by Crippen LogP contribution is 2.20. The second-order valence-electron chi connectivity index (χ2n) is 5.17. The van der Waals surface area contributed by atoms with Crippen LogP contribution in [0.5, 0.6) is 0 Å². The van der Waals surface area contributed by atoms with Crippen LogP contribution in [0.1, 0.15) is 33.6 Å². The fraction of sp³-hybridized carbons (Fsp3) is 0.909. The predicted molar refractivity (Wildman–Crippen MR) is 61.2 cm³/mol. The maximum Gasteiger partial charge on any atom is 0.336 e. The van der Waals surface area contributed by atoms with Crippen molar-refractivity contribution in [3.63, 3.8) is 0 Å². The summed E-state index contributed by atoms with van der Waals surface area (Å²) in [6.07, 6.45) is 1.58. The van der Waals surface area contributed by atoms with Crippen LogP contribution in [0, 0.1) is 5.41 Å². The van der Waals surface area contributed by atoms with E-state index >= 15 is 0 Å². The second-order valence-corrected chi connectivity index (χ2v) is 5.17. The number of carboxylic acids is 1. The highest BCUT2D eigenvalue weighted by atomic mass is 16.4. The Bertz CT molecular complexity index is 226. The molecule has 16 heavy (non-hydrogen) atoms. The van der Waals surface area contributed by atoms with Crippen molar-refractivity contribution in [1.29, 1.82) is 0 Å². The number of hydrogen-bond acceptors (Lipinski definition) is 4. The third kappa shape index (κ3) is 6.05. The molecule has 0 aliphatic carbocycles. The molecule has 0 radical (unpaired) electrons. The number of rotatable bonds is 8. The van der Waals surface area contributed by atoms with E-state index in [1.165, 1.54) is 6.92 Å². The lowest BCUT2D eigenvalue weighted by Gasteiger charge is -2.27. The molecule has 0 saturated carbocycles. The molecular weight excluding hydrogens is 210 g/mol. The summed E-state index contributed by atoms with van der Waals surface area (Å²) in [5.41, 5.74) is -1.75. The zero-order chi connectivity index (χ0) is 12.8. The molecule has 1 unspecified atom stereocenters. The molecular formula is C11H23NO4. The van der Waals surface area contributed by atoms with Crippen molar-refractivity contribution in [2.24, 2.45) is 5.41 Å². The third-order valence-corrected chi connectivity index (χ3v) is 2.55. The topological polar surface area (TPSA) is 89.8 Å². The molecule has 0 saturated heterocycles. The van der Waals surface area contributed by atoms with Gasteiger partial charge in [-0.1, -0.05) is 13.8 Å². The molecule has 0 heterocycles. The van der Waals surface area contributed by atoms with Crippen LogP contribution in [0.3, 0.4) is 0 Å². The number of hydrogen-bond donors (Lipinski definition) is 4. The van der Waals surface area contributed by atoms with Gasteiger partial charge in [0.1, 0.15) is 0 Å². The summed E-state index contributed by atoms with van der Waals surface area (Å²) in [5.74, 6) is -1.23. The van der Waals surface area contributed by atoms with Crippen molar-refractivity contribution in [2.75, 3.05) is 19.7 Å². The molecule has 0 bridgehead atoms. The summed E-state index contributed by atoms with van der Waals surface area (Å²) in [6, 6.07) is 0. The smallest absolute Gasteiger partial charge is 0.336 e. The lowest BCUT2D eigenvalue weighted by Crippen LogP contribution is -2.46. The molecule has 0 aliphatic heterocycles. The lowest BCUT2D eigenvalue weighted by molar-refractivity contribution is -0.156. The van der Waals surface area contributed by atoms with Gasteiger partial charge in [0.2, 0.25) is 0 Å². The first-order valence-electron chi connectivity index (χ1n) is 5.49. The van der Waals surface area contributed by atoms with Crippen molar-refractivity contribution in [3.8, 4) is 0 Å². The van der Waals surface area contributed by atoms with Crippen molar-refractivity contribution in [1.82, 2.24) is 5.32 Å². The number of aliphatic hydroxyl groups is 2. The van der Waals surface area contributed by atoms with Crippen molar-refractivity contribution >= 4 is 5.97 Å². The summed E-state index contributed by atoms with van der Waals surface area (Å²) in [6.45, 7) is 6.12. The zero-order valence-corrected chi connectivity index (χ0v) is 10.3. The van der Waals surface area contributed by atoms with Gasteiger partial charge in [0.05, 0.1) is 0 Å². The molecule has 4 N–H and O–H groups in total. The average Bonchev–Trinajstić information content (AvgIpc) is 2.14. The van der Waals surface area contributed by atoms with Crippen LogP contribution in [0.25, 0.3) is 0 Å². The summed E-state index contributed by atoms with van der Waals surface area (Å²) in [4.78, 5) is 10.6. The Morgan fingerprint density at radius 2 is 1.81 bits per heavy atom. The van der Waals surface area contributed by atoms with Crippen LogP contribution in [-0.4, -0.2) is 46.6 Å². The van der Waals surface area contributed by atoms with Crippen LogP contribution in [0.2, 0.25) is 0 Å². The number of carbonyl (C=O) groups is 1. The zero-order valence-electron chi connectivity index (χ0n) is 10.3. The molecule has 0 rings (SSSR count). The Hall–Kier alpha value is -0.650. The number of nitrogens with one attached hydrogen (secondary N) is 1. The van der Waals surface area contributed by atoms with Gasteiger partial charge in [-0.05, 0) is 25.2 Å². The van der Waals surface area contributed by atoms with Gasteiger partial charge in [0.25, 0.3) is 0 Å². The number of aliphatic carboxylic acids is 1. The Morgan fingerprint density at radius 1 is 1.25 bits per heavy atom. The first-order chi connectivity index (χ1) is 7.21. The molecule has 96 valence electrons. The average molecular weight is 233 g/mol. The fourth-order valence-electron chi connectivity index (χ4n) is 1.37. The minimum absolute atomic E-state index is 0.0166. The largest absolute Gasteiger partial charge is 0.479 e. The molecule has 0 amide bonds. The molecule has 5 heteroatoms.